The van der Waals surface area contributed by atoms with Crippen molar-refractivity contribution in [3.63, 3.8) is 0 Å². The van der Waals surface area contributed by atoms with Crippen LogP contribution in [0.15, 0.2) is 24.5 Å². The smallest absolute Gasteiger partial charge is 0.260 e. The van der Waals surface area contributed by atoms with Gasteiger partial charge >= 0.3 is 0 Å². The topological polar surface area (TPSA) is 54.5 Å². The fraction of sp³-hybridized carbons (Fsp3) is 0.600. The van der Waals surface area contributed by atoms with Crippen LogP contribution >= 0.6 is 24.8 Å². The van der Waals surface area contributed by atoms with Crippen LogP contribution < -0.4 is 10.1 Å². The number of carbonyl (C=O) groups excluding carboxylic acids is 1. The molecule has 1 saturated heterocycles. The summed E-state index contributed by atoms with van der Waals surface area (Å²) in [6, 6.07) is 3.61. The molecule has 1 fully saturated rings. The molecule has 0 radical (unpaired) electrons. The summed E-state index contributed by atoms with van der Waals surface area (Å²) < 4.78 is 5.45. The Balaban J connectivity index is 0.00000220. The third-order valence-corrected chi connectivity index (χ3v) is 3.77. The average molecular weight is 350 g/mol. The van der Waals surface area contributed by atoms with E-state index in [9.17, 15) is 4.79 Å². The Bertz CT molecular complexity index is 413. The lowest BCUT2D eigenvalue weighted by molar-refractivity contribution is -0.134. The third-order valence-electron chi connectivity index (χ3n) is 3.77. The molecule has 1 amide bonds. The highest BCUT2D eigenvalue weighted by atomic mass is 35.5. The molecule has 7 heteroatoms. The van der Waals surface area contributed by atoms with Gasteiger partial charge in [0.1, 0.15) is 5.75 Å². The molecule has 0 aliphatic carbocycles. The largest absolute Gasteiger partial charge is 0.482 e. The van der Waals surface area contributed by atoms with Crippen molar-refractivity contribution in [1.82, 2.24) is 15.2 Å². The minimum absolute atomic E-state index is 0. The predicted molar refractivity (Wildman–Crippen MR) is 92.1 cm³/mol. The first-order chi connectivity index (χ1) is 9.79. The number of halogens is 2. The lowest BCUT2D eigenvalue weighted by Gasteiger charge is -2.32. The first-order valence-electron chi connectivity index (χ1n) is 7.25. The molecule has 0 bridgehead atoms. The van der Waals surface area contributed by atoms with Gasteiger partial charge in [-0.3, -0.25) is 9.78 Å². The van der Waals surface area contributed by atoms with E-state index in [1.54, 1.807) is 18.5 Å². The maximum Gasteiger partial charge on any atom is 0.260 e. The summed E-state index contributed by atoms with van der Waals surface area (Å²) in [7, 11) is 1.98. The Hall–Kier alpha value is -1.04. The maximum absolute atomic E-state index is 12.1. The molecule has 1 aromatic heterocycles. The van der Waals surface area contributed by atoms with Crippen molar-refractivity contribution in [2.45, 2.75) is 19.3 Å². The highest BCUT2D eigenvalue weighted by molar-refractivity contribution is 5.85. The molecule has 0 atom stereocenters. The predicted octanol–water partition coefficient (Wildman–Crippen LogP) is 2.15. The van der Waals surface area contributed by atoms with Crippen LogP contribution in [-0.2, 0) is 4.79 Å². The summed E-state index contributed by atoms with van der Waals surface area (Å²) in [5.41, 5.74) is 0. The highest BCUT2D eigenvalue weighted by Gasteiger charge is 2.22. The Morgan fingerprint density at radius 1 is 1.41 bits per heavy atom. The van der Waals surface area contributed by atoms with Crippen molar-refractivity contribution >= 4 is 30.7 Å². The standard InChI is InChI=1S/C15H23N3O2.2ClH/c1-16-8-4-13-5-9-18(10-6-13)15(19)12-20-14-3-2-7-17-11-14;;/h2-3,7,11,13,16H,4-6,8-10,12H2,1H3;2*1H. The van der Waals surface area contributed by atoms with Crippen molar-refractivity contribution in [2.75, 3.05) is 33.3 Å². The quantitative estimate of drug-likeness (QED) is 0.854. The van der Waals surface area contributed by atoms with Crippen LogP contribution in [0.5, 0.6) is 5.75 Å². The molecule has 1 N–H and O–H groups in total. The van der Waals surface area contributed by atoms with Gasteiger partial charge in [-0.2, -0.15) is 0 Å². The Morgan fingerprint density at radius 3 is 2.73 bits per heavy atom. The zero-order valence-electron chi connectivity index (χ0n) is 12.9. The van der Waals surface area contributed by atoms with Crippen LogP contribution in [0.1, 0.15) is 19.3 Å². The van der Waals surface area contributed by atoms with Gasteiger partial charge < -0.3 is 15.0 Å². The van der Waals surface area contributed by atoms with Crippen molar-refractivity contribution < 1.29 is 9.53 Å². The molecule has 0 unspecified atom stereocenters. The minimum Gasteiger partial charge on any atom is -0.482 e. The highest BCUT2D eigenvalue weighted by Crippen LogP contribution is 2.20. The number of nitrogens with zero attached hydrogens (tertiary/aromatic N) is 2. The summed E-state index contributed by atoms with van der Waals surface area (Å²) in [6.45, 7) is 2.86. The van der Waals surface area contributed by atoms with E-state index in [2.05, 4.69) is 10.3 Å². The SMILES string of the molecule is CNCCC1CCN(C(=O)COc2cccnc2)CC1.Cl.Cl. The molecule has 0 aromatic carbocycles. The molecule has 0 saturated carbocycles. The van der Waals surface area contributed by atoms with E-state index in [4.69, 9.17) is 4.74 Å². The van der Waals surface area contributed by atoms with Crippen molar-refractivity contribution in [2.24, 2.45) is 5.92 Å². The van der Waals surface area contributed by atoms with Crippen LogP contribution in [0, 0.1) is 5.92 Å². The zero-order chi connectivity index (χ0) is 14.2. The van der Waals surface area contributed by atoms with E-state index in [0.717, 1.165) is 38.4 Å². The molecular weight excluding hydrogens is 325 g/mol. The number of carbonyl (C=O) groups is 1. The van der Waals surface area contributed by atoms with Crippen LogP contribution in [0.4, 0.5) is 0 Å². The summed E-state index contributed by atoms with van der Waals surface area (Å²) in [5, 5.41) is 3.18. The fourth-order valence-corrected chi connectivity index (χ4v) is 2.49. The first-order valence-corrected chi connectivity index (χ1v) is 7.25. The molecule has 0 spiro atoms. The van der Waals surface area contributed by atoms with E-state index in [1.807, 2.05) is 18.0 Å². The second kappa shape index (κ2) is 11.5. The normalized spacial score (nSPS) is 14.7. The van der Waals surface area contributed by atoms with Gasteiger partial charge in [0.05, 0.1) is 6.20 Å². The van der Waals surface area contributed by atoms with Gasteiger partial charge in [-0.25, -0.2) is 0 Å². The molecule has 1 aliphatic rings. The summed E-state index contributed by atoms with van der Waals surface area (Å²) in [5.74, 6) is 1.46. The molecule has 126 valence electrons. The molecule has 1 aromatic rings. The van der Waals surface area contributed by atoms with Crippen LogP contribution in [0.3, 0.4) is 0 Å². The van der Waals surface area contributed by atoms with E-state index in [0.29, 0.717) is 5.75 Å². The number of rotatable bonds is 6. The molecular formula is C15H25Cl2N3O2. The monoisotopic (exact) mass is 349 g/mol. The number of ether oxygens (including phenoxy) is 1. The van der Waals surface area contributed by atoms with E-state index in [-0.39, 0.29) is 37.3 Å². The Labute approximate surface area is 144 Å². The number of amides is 1. The van der Waals surface area contributed by atoms with Crippen molar-refractivity contribution in [3.8, 4) is 5.75 Å². The molecule has 22 heavy (non-hydrogen) atoms. The van der Waals surface area contributed by atoms with Crippen LogP contribution in [0.2, 0.25) is 0 Å². The van der Waals surface area contributed by atoms with Gasteiger partial charge in [-0.15, -0.1) is 24.8 Å². The van der Waals surface area contributed by atoms with E-state index in [1.165, 1.54) is 6.42 Å². The Kier molecular flexibility index (Phi) is 11.0. The second-order valence-electron chi connectivity index (χ2n) is 5.19. The molecule has 2 heterocycles. The van der Waals surface area contributed by atoms with Crippen LogP contribution in [-0.4, -0.2) is 49.1 Å². The number of hydrogen-bond acceptors (Lipinski definition) is 4. The minimum atomic E-state index is 0. The second-order valence-corrected chi connectivity index (χ2v) is 5.19. The molecule has 1 aliphatic heterocycles. The molecule has 5 nitrogen and oxygen atoms in total. The van der Waals surface area contributed by atoms with Gasteiger partial charge in [0.2, 0.25) is 0 Å². The maximum atomic E-state index is 12.1. The number of hydrogen-bond donors (Lipinski definition) is 1. The lowest BCUT2D eigenvalue weighted by Crippen LogP contribution is -2.41. The van der Waals surface area contributed by atoms with Crippen molar-refractivity contribution in [3.05, 3.63) is 24.5 Å². The van der Waals surface area contributed by atoms with Crippen molar-refractivity contribution in [1.29, 1.82) is 0 Å². The summed E-state index contributed by atoms with van der Waals surface area (Å²) in [6.07, 6.45) is 6.70. The van der Waals surface area contributed by atoms with Gasteiger partial charge in [0.15, 0.2) is 6.61 Å². The van der Waals surface area contributed by atoms with Gasteiger partial charge in [-0.05, 0) is 50.9 Å². The number of likely N-dealkylation sites (tertiary alicyclic amines) is 1. The summed E-state index contributed by atoms with van der Waals surface area (Å²) in [4.78, 5) is 17.9. The fourth-order valence-electron chi connectivity index (χ4n) is 2.49. The van der Waals surface area contributed by atoms with Gasteiger partial charge in [-0.1, -0.05) is 0 Å². The number of nitrogens with one attached hydrogen (secondary N) is 1. The van der Waals surface area contributed by atoms with E-state index >= 15 is 0 Å². The number of aromatic nitrogens is 1. The number of pyridine rings is 1. The van der Waals surface area contributed by atoms with Gasteiger partial charge in [0, 0.05) is 19.3 Å². The van der Waals surface area contributed by atoms with Gasteiger partial charge in [0.25, 0.3) is 5.91 Å². The number of piperidine rings is 1. The Morgan fingerprint density at radius 2 is 2.14 bits per heavy atom. The first kappa shape index (κ1) is 21.0. The zero-order valence-corrected chi connectivity index (χ0v) is 14.5. The summed E-state index contributed by atoms with van der Waals surface area (Å²) >= 11 is 0. The van der Waals surface area contributed by atoms with Crippen LogP contribution in [0.25, 0.3) is 0 Å². The van der Waals surface area contributed by atoms with E-state index < -0.39 is 0 Å². The average Bonchev–Trinajstić information content (AvgIpc) is 2.52. The molecule has 2 rings (SSSR count). The third kappa shape index (κ3) is 6.81. The lowest BCUT2D eigenvalue weighted by atomic mass is 9.93.